The van der Waals surface area contributed by atoms with Gasteiger partial charge in [-0.3, -0.25) is 0 Å². The van der Waals surface area contributed by atoms with Crippen molar-refractivity contribution in [1.29, 1.82) is 0 Å². The van der Waals surface area contributed by atoms with E-state index in [1.54, 1.807) is 6.92 Å². The molecular weight excluding hydrogens is 166 g/mol. The quantitative estimate of drug-likeness (QED) is 0.562. The Labute approximate surface area is 67.2 Å². The molecule has 0 radical (unpaired) electrons. The van der Waals surface area contributed by atoms with Crippen LogP contribution in [-0.2, 0) is 0 Å². The Morgan fingerprint density at radius 3 is 3.00 bits per heavy atom. The fourth-order valence-corrected chi connectivity index (χ4v) is 1.14. The van der Waals surface area contributed by atoms with E-state index in [0.717, 1.165) is 0 Å². The molecule has 2 heterocycles. The molecule has 0 amide bonds. The molecule has 2 aromatic rings. The van der Waals surface area contributed by atoms with E-state index in [1.807, 2.05) is 0 Å². The summed E-state index contributed by atoms with van der Waals surface area (Å²) in [5.74, 6) is 0. The number of halogens is 1. The molecule has 0 spiro atoms. The third kappa shape index (κ3) is 0.867. The average molecular weight is 170 g/mol. The van der Waals surface area contributed by atoms with Gasteiger partial charge in [-0.15, -0.1) is 0 Å². The van der Waals surface area contributed by atoms with Crippen LogP contribution in [-0.4, -0.2) is 15.1 Å². The predicted molar refractivity (Wildman–Crippen MR) is 39.3 cm³/mol. The standard InChI is InChI=1S/C6H4ClN3O/c1-3-4-5(7)8-2-9-6(4)11-10-3/h2H,1H3. The number of aromatic nitrogens is 3. The summed E-state index contributed by atoms with van der Waals surface area (Å²) in [6.07, 6.45) is 1.34. The molecular formula is C6H4ClN3O. The second-order valence-corrected chi connectivity index (χ2v) is 2.47. The normalized spacial score (nSPS) is 10.7. The highest BCUT2D eigenvalue weighted by Crippen LogP contribution is 2.21. The van der Waals surface area contributed by atoms with Crippen LogP contribution >= 0.6 is 11.6 Å². The highest BCUT2D eigenvalue weighted by Gasteiger charge is 2.08. The van der Waals surface area contributed by atoms with E-state index in [9.17, 15) is 0 Å². The second-order valence-electron chi connectivity index (χ2n) is 2.11. The van der Waals surface area contributed by atoms with Crippen molar-refractivity contribution in [3.63, 3.8) is 0 Å². The highest BCUT2D eigenvalue weighted by molar-refractivity contribution is 6.34. The van der Waals surface area contributed by atoms with Gasteiger partial charge in [0.2, 0.25) is 0 Å². The van der Waals surface area contributed by atoms with Gasteiger partial charge in [-0.25, -0.2) is 4.98 Å². The average Bonchev–Trinajstić information content (AvgIpc) is 2.34. The van der Waals surface area contributed by atoms with E-state index in [-0.39, 0.29) is 0 Å². The van der Waals surface area contributed by atoms with Crippen LogP contribution in [0, 0.1) is 6.92 Å². The zero-order valence-corrected chi connectivity index (χ0v) is 6.46. The minimum Gasteiger partial charge on any atom is -0.335 e. The molecule has 0 N–H and O–H groups in total. The first-order chi connectivity index (χ1) is 5.29. The van der Waals surface area contributed by atoms with Gasteiger partial charge in [0, 0.05) is 0 Å². The molecule has 2 aromatic heterocycles. The van der Waals surface area contributed by atoms with Gasteiger partial charge in [0.25, 0.3) is 5.71 Å². The van der Waals surface area contributed by atoms with Crippen molar-refractivity contribution in [3.8, 4) is 0 Å². The van der Waals surface area contributed by atoms with Crippen molar-refractivity contribution < 1.29 is 4.52 Å². The lowest BCUT2D eigenvalue weighted by atomic mass is 10.3. The number of hydrogen-bond donors (Lipinski definition) is 0. The van der Waals surface area contributed by atoms with Crippen molar-refractivity contribution in [2.24, 2.45) is 0 Å². The summed E-state index contributed by atoms with van der Waals surface area (Å²) in [5.41, 5.74) is 1.15. The lowest BCUT2D eigenvalue weighted by molar-refractivity contribution is 0.442. The summed E-state index contributed by atoms with van der Waals surface area (Å²) in [6, 6.07) is 0. The molecule has 56 valence electrons. The molecule has 0 aliphatic carbocycles. The molecule has 0 fully saturated rings. The van der Waals surface area contributed by atoms with Crippen molar-refractivity contribution in [2.45, 2.75) is 6.92 Å². The summed E-state index contributed by atoms with van der Waals surface area (Å²) >= 11 is 5.75. The van der Waals surface area contributed by atoms with Gasteiger partial charge < -0.3 is 4.52 Å². The first-order valence-corrected chi connectivity index (χ1v) is 3.39. The van der Waals surface area contributed by atoms with E-state index in [4.69, 9.17) is 16.1 Å². The van der Waals surface area contributed by atoms with Crippen LogP contribution in [0.25, 0.3) is 11.1 Å². The fourth-order valence-electron chi connectivity index (χ4n) is 0.880. The van der Waals surface area contributed by atoms with Gasteiger partial charge in [0.05, 0.1) is 5.69 Å². The van der Waals surface area contributed by atoms with Gasteiger partial charge >= 0.3 is 0 Å². The SMILES string of the molecule is Cc1noc2ncnc(Cl)c12. The molecule has 4 nitrogen and oxygen atoms in total. The maximum atomic E-state index is 5.75. The van der Waals surface area contributed by atoms with Crippen LogP contribution in [0.3, 0.4) is 0 Å². The fraction of sp³-hybridized carbons (Fsp3) is 0.167. The minimum absolute atomic E-state index is 0.383. The lowest BCUT2D eigenvalue weighted by Crippen LogP contribution is -1.80. The second kappa shape index (κ2) is 2.17. The first-order valence-electron chi connectivity index (χ1n) is 3.01. The Morgan fingerprint density at radius 2 is 2.27 bits per heavy atom. The smallest absolute Gasteiger partial charge is 0.262 e. The Balaban J connectivity index is 2.96. The van der Waals surface area contributed by atoms with Crippen molar-refractivity contribution in [3.05, 3.63) is 17.2 Å². The largest absolute Gasteiger partial charge is 0.335 e. The molecule has 0 atom stereocenters. The summed E-state index contributed by atoms with van der Waals surface area (Å²) in [4.78, 5) is 7.63. The molecule has 0 bridgehead atoms. The van der Waals surface area contributed by atoms with Gasteiger partial charge in [0.1, 0.15) is 16.9 Å². The zero-order valence-electron chi connectivity index (χ0n) is 5.71. The molecule has 2 rings (SSSR count). The van der Waals surface area contributed by atoms with Crippen LogP contribution in [0.5, 0.6) is 0 Å². The number of nitrogens with zero attached hydrogens (tertiary/aromatic N) is 3. The third-order valence-corrected chi connectivity index (χ3v) is 1.68. The van der Waals surface area contributed by atoms with Crippen LogP contribution in [0.1, 0.15) is 5.69 Å². The number of hydrogen-bond acceptors (Lipinski definition) is 4. The maximum absolute atomic E-state index is 5.75. The molecule has 0 saturated heterocycles. The van der Waals surface area contributed by atoms with E-state index in [1.165, 1.54) is 6.33 Å². The summed E-state index contributed by atoms with van der Waals surface area (Å²) in [5, 5.41) is 4.77. The Morgan fingerprint density at radius 1 is 1.45 bits per heavy atom. The van der Waals surface area contributed by atoms with Crippen LogP contribution < -0.4 is 0 Å². The summed E-state index contributed by atoms with van der Waals surface area (Å²) in [6.45, 7) is 1.79. The molecule has 0 unspecified atom stereocenters. The van der Waals surface area contributed by atoms with Gasteiger partial charge in [-0.1, -0.05) is 16.8 Å². The predicted octanol–water partition coefficient (Wildman–Crippen LogP) is 1.58. The van der Waals surface area contributed by atoms with E-state index in [0.29, 0.717) is 21.9 Å². The van der Waals surface area contributed by atoms with Crippen LogP contribution in [0.15, 0.2) is 10.9 Å². The molecule has 0 aliphatic rings. The topological polar surface area (TPSA) is 51.8 Å². The van der Waals surface area contributed by atoms with Gasteiger partial charge in [-0.05, 0) is 6.92 Å². The van der Waals surface area contributed by atoms with Gasteiger partial charge in [-0.2, -0.15) is 4.98 Å². The molecule has 0 aliphatic heterocycles. The summed E-state index contributed by atoms with van der Waals surface area (Å²) in [7, 11) is 0. The van der Waals surface area contributed by atoms with E-state index >= 15 is 0 Å². The van der Waals surface area contributed by atoms with E-state index < -0.39 is 0 Å². The van der Waals surface area contributed by atoms with E-state index in [2.05, 4.69) is 15.1 Å². The monoisotopic (exact) mass is 169 g/mol. The Kier molecular flexibility index (Phi) is 1.29. The summed E-state index contributed by atoms with van der Waals surface area (Å²) < 4.78 is 4.84. The Hall–Kier alpha value is -1.16. The Bertz CT molecular complexity index is 398. The number of aryl methyl sites for hydroxylation is 1. The minimum atomic E-state index is 0.383. The first kappa shape index (κ1) is 6.54. The van der Waals surface area contributed by atoms with Crippen molar-refractivity contribution >= 4 is 22.7 Å². The zero-order chi connectivity index (χ0) is 7.84. The number of fused-ring (bicyclic) bond motifs is 1. The third-order valence-electron chi connectivity index (χ3n) is 1.40. The molecule has 0 aromatic carbocycles. The van der Waals surface area contributed by atoms with Crippen LogP contribution in [0.2, 0.25) is 5.15 Å². The maximum Gasteiger partial charge on any atom is 0.262 e. The highest BCUT2D eigenvalue weighted by atomic mass is 35.5. The molecule has 0 saturated carbocycles. The molecule has 5 heteroatoms. The molecule has 11 heavy (non-hydrogen) atoms. The van der Waals surface area contributed by atoms with Gasteiger partial charge in [0.15, 0.2) is 0 Å². The lowest BCUT2D eigenvalue weighted by Gasteiger charge is -1.87. The van der Waals surface area contributed by atoms with Crippen LogP contribution in [0.4, 0.5) is 0 Å². The van der Waals surface area contributed by atoms with Crippen molar-refractivity contribution in [1.82, 2.24) is 15.1 Å². The number of rotatable bonds is 0. The van der Waals surface area contributed by atoms with Crippen molar-refractivity contribution in [2.75, 3.05) is 0 Å².